The van der Waals surface area contributed by atoms with Gasteiger partial charge in [0, 0.05) is 17.7 Å². The lowest BCUT2D eigenvalue weighted by Crippen LogP contribution is -2.32. The summed E-state index contributed by atoms with van der Waals surface area (Å²) in [6.45, 7) is 8.90. The summed E-state index contributed by atoms with van der Waals surface area (Å²) in [5.41, 5.74) is 1.69. The van der Waals surface area contributed by atoms with Crippen molar-refractivity contribution >= 4 is 5.97 Å². The van der Waals surface area contributed by atoms with E-state index in [9.17, 15) is 4.79 Å². The smallest absolute Gasteiger partial charge is 0.338 e. The molecule has 2 aromatic rings. The summed E-state index contributed by atoms with van der Waals surface area (Å²) < 4.78 is 7.61. The standard InChI is InChI=1S/C19H24NO2/c1-15(19(2,3)4)22-18(21)17-10-8-16(9-11-17)14-20-12-6-5-7-13-20/h5-13,15H,14H2,1-4H3/q+1/t15-/m1/s1. The predicted molar refractivity (Wildman–Crippen MR) is 86.5 cm³/mol. The molecule has 1 heterocycles. The molecule has 0 fully saturated rings. The molecule has 22 heavy (non-hydrogen) atoms. The van der Waals surface area contributed by atoms with E-state index >= 15 is 0 Å². The van der Waals surface area contributed by atoms with Crippen LogP contribution in [0.5, 0.6) is 0 Å². The molecular formula is C19H24NO2+. The van der Waals surface area contributed by atoms with Crippen molar-refractivity contribution in [2.24, 2.45) is 5.41 Å². The van der Waals surface area contributed by atoms with E-state index in [0.717, 1.165) is 12.1 Å². The van der Waals surface area contributed by atoms with E-state index in [0.29, 0.717) is 5.56 Å². The molecule has 0 spiro atoms. The molecule has 1 atom stereocenters. The Kier molecular flexibility index (Phi) is 4.96. The fourth-order valence-electron chi connectivity index (χ4n) is 1.90. The Labute approximate surface area is 132 Å². The Morgan fingerprint density at radius 2 is 1.68 bits per heavy atom. The van der Waals surface area contributed by atoms with E-state index in [-0.39, 0.29) is 17.5 Å². The van der Waals surface area contributed by atoms with Crippen LogP contribution in [0.1, 0.15) is 43.6 Å². The molecule has 0 N–H and O–H groups in total. The lowest BCUT2D eigenvalue weighted by molar-refractivity contribution is -0.688. The van der Waals surface area contributed by atoms with Gasteiger partial charge >= 0.3 is 5.97 Å². The molecule has 2 rings (SSSR count). The normalized spacial score (nSPS) is 12.7. The van der Waals surface area contributed by atoms with Crippen LogP contribution in [-0.2, 0) is 11.3 Å². The van der Waals surface area contributed by atoms with Crippen molar-refractivity contribution in [1.82, 2.24) is 0 Å². The number of aromatic nitrogens is 1. The largest absolute Gasteiger partial charge is 0.459 e. The number of pyridine rings is 1. The molecule has 0 saturated heterocycles. The van der Waals surface area contributed by atoms with Crippen LogP contribution in [0, 0.1) is 5.41 Å². The van der Waals surface area contributed by atoms with Gasteiger partial charge in [0.15, 0.2) is 18.9 Å². The summed E-state index contributed by atoms with van der Waals surface area (Å²) in [7, 11) is 0. The number of rotatable bonds is 4. The topological polar surface area (TPSA) is 30.2 Å². The molecule has 0 unspecified atom stereocenters. The number of ether oxygens (including phenoxy) is 1. The van der Waals surface area contributed by atoms with Crippen LogP contribution in [0.15, 0.2) is 54.9 Å². The second kappa shape index (κ2) is 6.73. The van der Waals surface area contributed by atoms with Crippen molar-refractivity contribution in [3.05, 3.63) is 66.0 Å². The van der Waals surface area contributed by atoms with Crippen molar-refractivity contribution in [3.8, 4) is 0 Å². The van der Waals surface area contributed by atoms with E-state index in [1.165, 1.54) is 0 Å². The summed E-state index contributed by atoms with van der Waals surface area (Å²) in [5.74, 6) is -0.263. The van der Waals surface area contributed by atoms with Gasteiger partial charge in [-0.2, -0.15) is 0 Å². The van der Waals surface area contributed by atoms with Gasteiger partial charge in [0.2, 0.25) is 0 Å². The van der Waals surface area contributed by atoms with Gasteiger partial charge in [-0.25, -0.2) is 9.36 Å². The highest BCUT2D eigenvalue weighted by atomic mass is 16.5. The second-order valence-electron chi connectivity index (χ2n) is 6.66. The molecule has 3 heteroatoms. The maximum Gasteiger partial charge on any atom is 0.338 e. The van der Waals surface area contributed by atoms with Gasteiger partial charge < -0.3 is 4.74 Å². The first-order valence-corrected chi connectivity index (χ1v) is 7.60. The average molecular weight is 298 g/mol. The Hall–Kier alpha value is -2.16. The fraction of sp³-hybridized carbons (Fsp3) is 0.368. The summed E-state index contributed by atoms with van der Waals surface area (Å²) >= 11 is 0. The van der Waals surface area contributed by atoms with Gasteiger partial charge in [-0.05, 0) is 24.5 Å². The molecular weight excluding hydrogens is 274 g/mol. The molecule has 0 radical (unpaired) electrons. The van der Waals surface area contributed by atoms with Crippen LogP contribution in [0.2, 0.25) is 0 Å². The predicted octanol–water partition coefficient (Wildman–Crippen LogP) is 3.61. The van der Waals surface area contributed by atoms with Crippen molar-refractivity contribution in [1.29, 1.82) is 0 Å². The third-order valence-corrected chi connectivity index (χ3v) is 3.84. The highest BCUT2D eigenvalue weighted by molar-refractivity contribution is 5.89. The highest BCUT2D eigenvalue weighted by Crippen LogP contribution is 2.22. The minimum absolute atomic E-state index is 0.0560. The number of nitrogens with zero attached hydrogens (tertiary/aromatic N) is 1. The van der Waals surface area contributed by atoms with E-state index < -0.39 is 0 Å². The number of esters is 1. The molecule has 0 saturated carbocycles. The highest BCUT2D eigenvalue weighted by Gasteiger charge is 2.24. The van der Waals surface area contributed by atoms with Crippen LogP contribution in [0.25, 0.3) is 0 Å². The van der Waals surface area contributed by atoms with Gasteiger partial charge in [-0.3, -0.25) is 0 Å². The molecule has 1 aromatic carbocycles. The number of hydrogen-bond acceptors (Lipinski definition) is 2. The van der Waals surface area contributed by atoms with Crippen LogP contribution < -0.4 is 4.57 Å². The van der Waals surface area contributed by atoms with Gasteiger partial charge in [0.05, 0.1) is 5.56 Å². The Morgan fingerprint density at radius 1 is 1.09 bits per heavy atom. The van der Waals surface area contributed by atoms with Crippen molar-refractivity contribution in [3.63, 3.8) is 0 Å². The first-order chi connectivity index (χ1) is 10.4. The average Bonchev–Trinajstić information content (AvgIpc) is 2.48. The third-order valence-electron chi connectivity index (χ3n) is 3.84. The molecule has 0 aliphatic heterocycles. The Bertz CT molecular complexity index is 612. The van der Waals surface area contributed by atoms with Crippen LogP contribution in [-0.4, -0.2) is 12.1 Å². The number of hydrogen-bond donors (Lipinski definition) is 0. The Morgan fingerprint density at radius 3 is 2.23 bits per heavy atom. The minimum atomic E-state index is -0.263. The van der Waals surface area contributed by atoms with Crippen molar-refractivity contribution in [2.75, 3.05) is 0 Å². The summed E-state index contributed by atoms with van der Waals surface area (Å²) in [6, 6.07) is 13.6. The van der Waals surface area contributed by atoms with E-state index in [4.69, 9.17) is 4.74 Å². The maximum atomic E-state index is 12.1. The lowest BCUT2D eigenvalue weighted by Gasteiger charge is -2.26. The molecule has 0 aliphatic carbocycles. The molecule has 0 amide bonds. The number of benzene rings is 1. The molecule has 116 valence electrons. The van der Waals surface area contributed by atoms with E-state index in [1.54, 1.807) is 0 Å². The first kappa shape index (κ1) is 16.2. The molecule has 0 bridgehead atoms. The zero-order valence-corrected chi connectivity index (χ0v) is 13.7. The quantitative estimate of drug-likeness (QED) is 0.637. The van der Waals surface area contributed by atoms with Crippen LogP contribution in [0.4, 0.5) is 0 Å². The van der Waals surface area contributed by atoms with Crippen molar-refractivity contribution < 1.29 is 14.1 Å². The lowest BCUT2D eigenvalue weighted by atomic mass is 9.90. The van der Waals surface area contributed by atoms with Gasteiger partial charge in [0.1, 0.15) is 6.10 Å². The van der Waals surface area contributed by atoms with Gasteiger partial charge in [0.25, 0.3) is 0 Å². The van der Waals surface area contributed by atoms with Crippen LogP contribution in [0.3, 0.4) is 0 Å². The molecule has 0 aliphatic rings. The summed E-state index contributed by atoms with van der Waals surface area (Å²) in [4.78, 5) is 12.1. The Balaban J connectivity index is 2.01. The molecule has 1 aromatic heterocycles. The number of carbonyl (C=O) groups excluding carboxylic acids is 1. The zero-order chi connectivity index (χ0) is 16.2. The van der Waals surface area contributed by atoms with Crippen molar-refractivity contribution in [2.45, 2.75) is 40.3 Å². The molecule has 3 nitrogen and oxygen atoms in total. The first-order valence-electron chi connectivity index (χ1n) is 7.60. The fourth-order valence-corrected chi connectivity index (χ4v) is 1.90. The second-order valence-corrected chi connectivity index (χ2v) is 6.66. The maximum absolute atomic E-state index is 12.1. The monoisotopic (exact) mass is 298 g/mol. The SMILES string of the molecule is C[C@@H](OC(=O)c1ccc(C[n+]2ccccc2)cc1)C(C)(C)C. The van der Waals surface area contributed by atoms with E-state index in [1.807, 2.05) is 61.8 Å². The zero-order valence-electron chi connectivity index (χ0n) is 13.7. The van der Waals surface area contributed by atoms with Gasteiger partial charge in [-0.15, -0.1) is 0 Å². The minimum Gasteiger partial charge on any atom is -0.459 e. The number of carbonyl (C=O) groups is 1. The summed E-state index contributed by atoms with van der Waals surface area (Å²) in [6.07, 6.45) is 3.92. The van der Waals surface area contributed by atoms with Gasteiger partial charge in [-0.1, -0.05) is 39.0 Å². The third kappa shape index (κ3) is 4.42. The summed E-state index contributed by atoms with van der Waals surface area (Å²) in [5, 5.41) is 0. The van der Waals surface area contributed by atoms with Crippen LogP contribution >= 0.6 is 0 Å². The van der Waals surface area contributed by atoms with E-state index in [2.05, 4.69) is 25.3 Å².